The second-order valence-corrected chi connectivity index (χ2v) is 3.53. The summed E-state index contributed by atoms with van der Waals surface area (Å²) in [6, 6.07) is 3.44. The van der Waals surface area contributed by atoms with Crippen molar-refractivity contribution < 1.29 is 14.0 Å². The van der Waals surface area contributed by atoms with E-state index < -0.39 is 17.0 Å². The van der Waals surface area contributed by atoms with Crippen molar-refractivity contribution in [2.75, 3.05) is 0 Å². The Morgan fingerprint density at radius 2 is 2.14 bits per heavy atom. The van der Waals surface area contributed by atoms with Gasteiger partial charge < -0.3 is 0 Å². The molecule has 1 unspecified atom stereocenters. The molecule has 4 heteroatoms. The molecule has 0 aliphatic carbocycles. The second-order valence-electron chi connectivity index (χ2n) is 2.87. The lowest BCUT2D eigenvalue weighted by molar-refractivity contribution is 0.0991. The maximum atomic E-state index is 12.9. The maximum Gasteiger partial charge on any atom is 0.180 e. The first-order valence-corrected chi connectivity index (χ1v) is 4.42. The van der Waals surface area contributed by atoms with E-state index in [1.54, 1.807) is 0 Å². The Kier molecular flexibility index (Phi) is 3.36. The molecule has 0 radical (unpaired) electrons. The van der Waals surface area contributed by atoms with Crippen molar-refractivity contribution in [3.63, 3.8) is 0 Å². The zero-order valence-electron chi connectivity index (χ0n) is 7.46. The highest BCUT2D eigenvalue weighted by Gasteiger charge is 2.13. The summed E-state index contributed by atoms with van der Waals surface area (Å²) >= 11 is 5.55. The fourth-order valence-electron chi connectivity index (χ4n) is 1.05. The molecule has 74 valence electrons. The largest absolute Gasteiger partial charge is 0.298 e. The summed E-state index contributed by atoms with van der Waals surface area (Å²) in [5, 5.41) is -0.726. The van der Waals surface area contributed by atoms with Crippen molar-refractivity contribution in [1.29, 1.82) is 0 Å². The fraction of sp³-hybridized carbons (Fsp3) is 0.200. The van der Waals surface area contributed by atoms with Crippen molar-refractivity contribution in [3.05, 3.63) is 35.1 Å². The van der Waals surface area contributed by atoms with E-state index in [4.69, 9.17) is 11.6 Å². The molecular formula is C10H8ClFO2. The molecule has 0 saturated heterocycles. The van der Waals surface area contributed by atoms with Gasteiger partial charge in [-0.15, -0.1) is 11.6 Å². The molecule has 0 saturated carbocycles. The zero-order chi connectivity index (χ0) is 10.7. The molecule has 0 N–H and O–H groups in total. The number of alkyl halides is 1. The Balaban J connectivity index is 3.15. The summed E-state index contributed by atoms with van der Waals surface area (Å²) in [5.74, 6) is -1.01. The van der Waals surface area contributed by atoms with Crippen LogP contribution in [-0.2, 0) is 0 Å². The van der Waals surface area contributed by atoms with Crippen molar-refractivity contribution in [3.8, 4) is 0 Å². The Morgan fingerprint density at radius 1 is 1.50 bits per heavy atom. The number of carbonyl (C=O) groups excluding carboxylic acids is 2. The molecular weight excluding hydrogens is 207 g/mol. The Hall–Kier alpha value is -1.22. The van der Waals surface area contributed by atoms with Crippen LogP contribution in [0.5, 0.6) is 0 Å². The number of hydrogen-bond donors (Lipinski definition) is 0. The molecule has 0 amide bonds. The van der Waals surface area contributed by atoms with Gasteiger partial charge in [0.05, 0.1) is 5.38 Å². The normalized spacial score (nSPS) is 12.2. The molecule has 0 aliphatic rings. The van der Waals surface area contributed by atoms with Gasteiger partial charge in [-0.2, -0.15) is 0 Å². The lowest BCUT2D eigenvalue weighted by atomic mass is 10.1. The first-order chi connectivity index (χ1) is 6.54. The maximum absolute atomic E-state index is 12.9. The molecule has 1 aromatic carbocycles. The van der Waals surface area contributed by atoms with Crippen molar-refractivity contribution in [2.45, 2.75) is 12.3 Å². The van der Waals surface area contributed by atoms with Gasteiger partial charge in [-0.3, -0.25) is 9.59 Å². The van der Waals surface area contributed by atoms with Gasteiger partial charge in [0.25, 0.3) is 0 Å². The van der Waals surface area contributed by atoms with Crippen LogP contribution in [0, 0.1) is 5.82 Å². The fourth-order valence-corrected chi connectivity index (χ4v) is 1.18. The van der Waals surface area contributed by atoms with Crippen molar-refractivity contribution >= 4 is 23.7 Å². The van der Waals surface area contributed by atoms with Crippen LogP contribution in [0.15, 0.2) is 18.2 Å². The average molecular weight is 215 g/mol. The van der Waals surface area contributed by atoms with Crippen LogP contribution in [0.1, 0.15) is 27.6 Å². The number of hydrogen-bond acceptors (Lipinski definition) is 2. The summed E-state index contributed by atoms with van der Waals surface area (Å²) in [6.07, 6.45) is 0.485. The molecule has 0 spiro atoms. The van der Waals surface area contributed by atoms with Crippen molar-refractivity contribution in [2.24, 2.45) is 0 Å². The van der Waals surface area contributed by atoms with Crippen molar-refractivity contribution in [1.82, 2.24) is 0 Å². The third-order valence-corrected chi connectivity index (χ3v) is 1.90. The number of carbonyl (C=O) groups is 2. The number of benzene rings is 1. The lowest BCUT2D eigenvalue weighted by Crippen LogP contribution is -2.11. The quantitative estimate of drug-likeness (QED) is 0.440. The minimum Gasteiger partial charge on any atom is -0.298 e. The molecule has 0 aromatic heterocycles. The molecule has 0 heterocycles. The first kappa shape index (κ1) is 10.9. The van der Waals surface area contributed by atoms with E-state index >= 15 is 0 Å². The standard InChI is InChI=1S/C10H8ClFO2/c1-6(11)10(14)8-2-7(5-13)3-9(12)4-8/h2-6H,1H3. The van der Waals surface area contributed by atoms with E-state index in [1.807, 2.05) is 0 Å². The first-order valence-electron chi connectivity index (χ1n) is 3.98. The second kappa shape index (κ2) is 4.33. The number of halogens is 2. The van der Waals surface area contributed by atoms with Crippen LogP contribution >= 0.6 is 11.6 Å². The zero-order valence-corrected chi connectivity index (χ0v) is 8.22. The van der Waals surface area contributed by atoms with Crippen LogP contribution in [-0.4, -0.2) is 17.4 Å². The van der Waals surface area contributed by atoms with E-state index in [0.717, 1.165) is 12.1 Å². The third-order valence-electron chi connectivity index (χ3n) is 1.70. The van der Waals surface area contributed by atoms with E-state index in [2.05, 4.69) is 0 Å². The molecule has 2 nitrogen and oxygen atoms in total. The predicted octanol–water partition coefficient (Wildman–Crippen LogP) is 2.45. The minimum atomic E-state index is -0.726. The van der Waals surface area contributed by atoms with E-state index in [9.17, 15) is 14.0 Å². The summed E-state index contributed by atoms with van der Waals surface area (Å²) in [6.45, 7) is 1.50. The topological polar surface area (TPSA) is 34.1 Å². The van der Waals surface area contributed by atoms with Gasteiger partial charge >= 0.3 is 0 Å². The van der Waals surface area contributed by atoms with Crippen LogP contribution in [0.25, 0.3) is 0 Å². The summed E-state index contributed by atoms with van der Waals surface area (Å²) in [4.78, 5) is 21.7. The molecule has 14 heavy (non-hydrogen) atoms. The minimum absolute atomic E-state index is 0.120. The van der Waals surface area contributed by atoms with Crippen LogP contribution < -0.4 is 0 Å². The third kappa shape index (κ3) is 2.39. The van der Waals surface area contributed by atoms with E-state index in [1.165, 1.54) is 13.0 Å². The molecule has 0 aliphatic heterocycles. The Labute approximate surface area is 85.7 Å². The average Bonchev–Trinajstić information content (AvgIpc) is 2.15. The van der Waals surface area contributed by atoms with Crippen LogP contribution in [0.4, 0.5) is 4.39 Å². The van der Waals surface area contributed by atoms with Crippen LogP contribution in [0.2, 0.25) is 0 Å². The highest BCUT2D eigenvalue weighted by molar-refractivity contribution is 6.33. The number of ketones is 1. The summed E-state index contributed by atoms with van der Waals surface area (Å²) in [7, 11) is 0. The van der Waals surface area contributed by atoms with E-state index in [-0.39, 0.29) is 11.1 Å². The van der Waals surface area contributed by atoms with Gasteiger partial charge in [-0.25, -0.2) is 4.39 Å². The van der Waals surface area contributed by atoms with Gasteiger partial charge in [0, 0.05) is 11.1 Å². The SMILES string of the molecule is CC(Cl)C(=O)c1cc(F)cc(C=O)c1. The number of rotatable bonds is 3. The molecule has 0 bridgehead atoms. The van der Waals surface area contributed by atoms with Gasteiger partial charge in [0.15, 0.2) is 5.78 Å². The predicted molar refractivity (Wildman–Crippen MR) is 51.4 cm³/mol. The highest BCUT2D eigenvalue weighted by atomic mass is 35.5. The van der Waals surface area contributed by atoms with Crippen LogP contribution in [0.3, 0.4) is 0 Å². The lowest BCUT2D eigenvalue weighted by Gasteiger charge is -2.03. The highest BCUT2D eigenvalue weighted by Crippen LogP contribution is 2.12. The molecule has 1 atom stereocenters. The summed E-state index contributed by atoms with van der Waals surface area (Å²) in [5.41, 5.74) is 0.250. The van der Waals surface area contributed by atoms with Gasteiger partial charge in [-0.1, -0.05) is 0 Å². The van der Waals surface area contributed by atoms with Gasteiger partial charge in [0.1, 0.15) is 12.1 Å². The molecule has 0 fully saturated rings. The number of Topliss-reactive ketones (excluding diaryl/α,β-unsaturated/α-hetero) is 1. The molecule has 1 aromatic rings. The Morgan fingerprint density at radius 3 is 2.64 bits per heavy atom. The van der Waals surface area contributed by atoms with Gasteiger partial charge in [-0.05, 0) is 25.1 Å². The summed E-state index contributed by atoms with van der Waals surface area (Å²) < 4.78 is 12.9. The monoisotopic (exact) mass is 214 g/mol. The number of aldehydes is 1. The van der Waals surface area contributed by atoms with E-state index in [0.29, 0.717) is 6.29 Å². The smallest absolute Gasteiger partial charge is 0.180 e. The van der Waals surface area contributed by atoms with Gasteiger partial charge in [0.2, 0.25) is 0 Å². The molecule has 1 rings (SSSR count). The Bertz CT molecular complexity index is 374.